The average molecular weight is 416 g/mol. The molecular weight excluding hydrogens is 400 g/mol. The first-order valence-electron chi connectivity index (χ1n) is 6.30. The molecule has 21 heavy (non-hydrogen) atoms. The first kappa shape index (κ1) is 16.2. The van der Waals surface area contributed by atoms with E-state index in [9.17, 15) is 0 Å². The van der Waals surface area contributed by atoms with E-state index in [-0.39, 0.29) is 4.83 Å². The van der Waals surface area contributed by atoms with Crippen LogP contribution in [0.15, 0.2) is 40.9 Å². The molecular formula is C16H16Br2O3. The van der Waals surface area contributed by atoms with E-state index < -0.39 is 0 Å². The summed E-state index contributed by atoms with van der Waals surface area (Å²) in [5.41, 5.74) is 2.03. The molecule has 0 radical (unpaired) electrons. The van der Waals surface area contributed by atoms with Crippen LogP contribution in [0.5, 0.6) is 17.2 Å². The lowest BCUT2D eigenvalue weighted by Crippen LogP contribution is -2.02. The third kappa shape index (κ3) is 3.52. The Labute approximate surface area is 141 Å². The lowest BCUT2D eigenvalue weighted by atomic mass is 10.0. The van der Waals surface area contributed by atoms with E-state index in [2.05, 4.69) is 37.9 Å². The molecule has 5 heteroatoms. The average Bonchev–Trinajstić information content (AvgIpc) is 2.52. The molecule has 0 aliphatic carbocycles. The van der Waals surface area contributed by atoms with E-state index >= 15 is 0 Å². The third-order valence-corrected chi connectivity index (χ3v) is 4.63. The Morgan fingerprint density at radius 2 is 1.52 bits per heavy atom. The molecule has 0 fully saturated rings. The van der Waals surface area contributed by atoms with E-state index in [4.69, 9.17) is 14.2 Å². The fraction of sp³-hybridized carbons (Fsp3) is 0.250. The Morgan fingerprint density at radius 1 is 0.905 bits per heavy atom. The molecule has 0 aliphatic rings. The topological polar surface area (TPSA) is 27.7 Å². The van der Waals surface area contributed by atoms with Gasteiger partial charge in [-0.15, -0.1) is 0 Å². The minimum Gasteiger partial charge on any atom is -0.496 e. The van der Waals surface area contributed by atoms with Gasteiger partial charge in [0.2, 0.25) is 0 Å². The summed E-state index contributed by atoms with van der Waals surface area (Å²) in [5.74, 6) is 2.13. The Bertz CT molecular complexity index is 604. The second-order valence-corrected chi connectivity index (χ2v) is 6.19. The zero-order chi connectivity index (χ0) is 15.4. The predicted octanol–water partition coefficient (Wildman–Crippen LogP) is 4.96. The van der Waals surface area contributed by atoms with Crippen molar-refractivity contribution in [1.29, 1.82) is 0 Å². The van der Waals surface area contributed by atoms with Gasteiger partial charge in [0.15, 0.2) is 0 Å². The minimum atomic E-state index is -0.0502. The molecule has 0 bridgehead atoms. The van der Waals surface area contributed by atoms with Gasteiger partial charge in [0.25, 0.3) is 0 Å². The Morgan fingerprint density at radius 3 is 2.00 bits per heavy atom. The normalized spacial score (nSPS) is 11.9. The molecule has 1 unspecified atom stereocenters. The van der Waals surface area contributed by atoms with Crippen LogP contribution in [0, 0.1) is 0 Å². The van der Waals surface area contributed by atoms with Gasteiger partial charge in [-0.25, -0.2) is 0 Å². The van der Waals surface area contributed by atoms with Gasteiger partial charge in [-0.3, -0.25) is 0 Å². The maximum atomic E-state index is 5.50. The summed E-state index contributed by atoms with van der Waals surface area (Å²) in [6.07, 6.45) is 0. The Balaban J connectivity index is 2.55. The molecule has 0 heterocycles. The van der Waals surface area contributed by atoms with Crippen molar-refractivity contribution in [2.45, 2.75) is 4.83 Å². The quantitative estimate of drug-likeness (QED) is 0.646. The molecule has 2 rings (SSSR count). The van der Waals surface area contributed by atoms with Gasteiger partial charge in [-0.05, 0) is 17.7 Å². The van der Waals surface area contributed by atoms with Crippen molar-refractivity contribution in [3.8, 4) is 17.2 Å². The molecule has 0 aromatic heterocycles. The van der Waals surface area contributed by atoms with Crippen molar-refractivity contribution in [2.24, 2.45) is 0 Å². The summed E-state index contributed by atoms with van der Waals surface area (Å²) in [4.78, 5) is -0.0502. The standard InChI is InChI=1S/C16H16Br2O3/c1-19-12-8-13(20-2)15(14(9-12)21-3)16(18)10-5-4-6-11(17)7-10/h4-9,16H,1-3H3. The highest BCUT2D eigenvalue weighted by Gasteiger charge is 2.22. The van der Waals surface area contributed by atoms with Crippen LogP contribution in [0.3, 0.4) is 0 Å². The molecule has 2 aromatic carbocycles. The summed E-state index contributed by atoms with van der Waals surface area (Å²) >= 11 is 7.23. The number of hydrogen-bond acceptors (Lipinski definition) is 3. The number of methoxy groups -OCH3 is 3. The highest BCUT2D eigenvalue weighted by Crippen LogP contribution is 2.44. The van der Waals surface area contributed by atoms with E-state index in [0.29, 0.717) is 17.2 Å². The molecule has 0 aliphatic heterocycles. The molecule has 2 aromatic rings. The van der Waals surface area contributed by atoms with Gasteiger partial charge in [-0.1, -0.05) is 44.0 Å². The molecule has 1 atom stereocenters. The molecule has 112 valence electrons. The van der Waals surface area contributed by atoms with Crippen molar-refractivity contribution >= 4 is 31.9 Å². The van der Waals surface area contributed by atoms with Crippen molar-refractivity contribution in [1.82, 2.24) is 0 Å². The molecule has 0 amide bonds. The van der Waals surface area contributed by atoms with Gasteiger partial charge in [0.1, 0.15) is 17.2 Å². The maximum absolute atomic E-state index is 5.50. The van der Waals surface area contributed by atoms with E-state index in [1.807, 2.05) is 30.3 Å². The summed E-state index contributed by atoms with van der Waals surface area (Å²) in [5, 5.41) is 0. The Kier molecular flexibility index (Phi) is 5.53. The molecule has 0 spiro atoms. The Hall–Kier alpha value is -1.20. The number of hydrogen-bond donors (Lipinski definition) is 0. The summed E-state index contributed by atoms with van der Waals surface area (Å²) < 4.78 is 17.3. The van der Waals surface area contributed by atoms with E-state index in [1.54, 1.807) is 21.3 Å². The van der Waals surface area contributed by atoms with Crippen LogP contribution in [0.1, 0.15) is 16.0 Å². The third-order valence-electron chi connectivity index (χ3n) is 3.15. The number of rotatable bonds is 5. The zero-order valence-corrected chi connectivity index (χ0v) is 15.2. The van der Waals surface area contributed by atoms with Crippen molar-refractivity contribution in [2.75, 3.05) is 21.3 Å². The van der Waals surface area contributed by atoms with Crippen LogP contribution in [0.4, 0.5) is 0 Å². The van der Waals surface area contributed by atoms with Gasteiger partial charge in [0, 0.05) is 16.6 Å². The highest BCUT2D eigenvalue weighted by molar-refractivity contribution is 9.10. The molecule has 0 saturated heterocycles. The number of benzene rings is 2. The first-order chi connectivity index (χ1) is 10.1. The van der Waals surface area contributed by atoms with Gasteiger partial charge in [0.05, 0.1) is 31.7 Å². The monoisotopic (exact) mass is 414 g/mol. The summed E-state index contributed by atoms with van der Waals surface area (Å²) in [7, 11) is 4.89. The van der Waals surface area contributed by atoms with Gasteiger partial charge in [-0.2, -0.15) is 0 Å². The van der Waals surface area contributed by atoms with Crippen molar-refractivity contribution in [3.05, 3.63) is 52.0 Å². The second-order valence-electron chi connectivity index (χ2n) is 4.36. The van der Waals surface area contributed by atoms with Crippen LogP contribution >= 0.6 is 31.9 Å². The first-order valence-corrected chi connectivity index (χ1v) is 8.01. The zero-order valence-electron chi connectivity index (χ0n) is 12.0. The lowest BCUT2D eigenvalue weighted by Gasteiger charge is -2.19. The fourth-order valence-corrected chi connectivity index (χ4v) is 3.27. The lowest BCUT2D eigenvalue weighted by molar-refractivity contribution is 0.369. The van der Waals surface area contributed by atoms with Crippen LogP contribution in [-0.2, 0) is 0 Å². The van der Waals surface area contributed by atoms with Crippen molar-refractivity contribution in [3.63, 3.8) is 0 Å². The smallest absolute Gasteiger partial charge is 0.130 e. The van der Waals surface area contributed by atoms with Crippen LogP contribution in [-0.4, -0.2) is 21.3 Å². The number of ether oxygens (including phenoxy) is 3. The van der Waals surface area contributed by atoms with Crippen LogP contribution < -0.4 is 14.2 Å². The molecule has 3 nitrogen and oxygen atoms in total. The van der Waals surface area contributed by atoms with Gasteiger partial charge < -0.3 is 14.2 Å². The van der Waals surface area contributed by atoms with Crippen molar-refractivity contribution < 1.29 is 14.2 Å². The van der Waals surface area contributed by atoms with Gasteiger partial charge >= 0.3 is 0 Å². The molecule has 0 N–H and O–H groups in total. The van der Waals surface area contributed by atoms with Crippen LogP contribution in [0.25, 0.3) is 0 Å². The molecule has 0 saturated carbocycles. The fourth-order valence-electron chi connectivity index (χ4n) is 2.11. The second kappa shape index (κ2) is 7.18. The summed E-state index contributed by atoms with van der Waals surface area (Å²) in [6.45, 7) is 0. The number of halogens is 2. The summed E-state index contributed by atoms with van der Waals surface area (Å²) in [6, 6.07) is 11.8. The van der Waals surface area contributed by atoms with E-state index in [1.165, 1.54) is 0 Å². The number of alkyl halides is 1. The SMILES string of the molecule is COc1cc(OC)c(C(Br)c2cccc(Br)c2)c(OC)c1. The maximum Gasteiger partial charge on any atom is 0.130 e. The largest absolute Gasteiger partial charge is 0.496 e. The minimum absolute atomic E-state index is 0.0502. The van der Waals surface area contributed by atoms with Crippen LogP contribution in [0.2, 0.25) is 0 Å². The van der Waals surface area contributed by atoms with E-state index in [0.717, 1.165) is 15.6 Å². The highest BCUT2D eigenvalue weighted by atomic mass is 79.9. The predicted molar refractivity (Wildman–Crippen MR) is 91.0 cm³/mol.